The van der Waals surface area contributed by atoms with Crippen molar-refractivity contribution in [2.24, 2.45) is 0 Å². The third-order valence-corrected chi connectivity index (χ3v) is 3.05. The second-order valence-corrected chi connectivity index (χ2v) is 4.70. The Kier molecular flexibility index (Phi) is 4.13. The first kappa shape index (κ1) is 12.1. The van der Waals surface area contributed by atoms with Gasteiger partial charge in [-0.25, -0.2) is 4.98 Å². The quantitative estimate of drug-likeness (QED) is 0.865. The predicted molar refractivity (Wildman–Crippen MR) is 76.1 cm³/mol. The van der Waals surface area contributed by atoms with E-state index in [0.717, 1.165) is 5.69 Å². The van der Waals surface area contributed by atoms with Crippen molar-refractivity contribution in [2.45, 2.75) is 6.54 Å². The lowest BCUT2D eigenvalue weighted by atomic mass is 10.3. The maximum Gasteiger partial charge on any atom is 0.266 e. The lowest BCUT2D eigenvalue weighted by Crippen LogP contribution is -2.25. The number of nitrogens with zero attached hydrogens (tertiary/aromatic N) is 2. The number of halogens is 1. The van der Waals surface area contributed by atoms with Crippen LogP contribution in [-0.4, -0.2) is 16.1 Å². The molecule has 0 aliphatic rings. The Morgan fingerprint density at radius 2 is 2.06 bits per heavy atom. The molecule has 88 valence electrons. The monoisotopic (exact) mass is 341 g/mol. The molecule has 0 bridgehead atoms. The molecule has 2 aromatic rings. The maximum absolute atomic E-state index is 11.7. The van der Waals surface area contributed by atoms with Crippen LogP contribution in [0.25, 0.3) is 0 Å². The Hall–Kier alpha value is -1.37. The van der Waals surface area contributed by atoms with Gasteiger partial charge in [0.2, 0.25) is 0 Å². The van der Waals surface area contributed by atoms with Crippen molar-refractivity contribution in [1.29, 1.82) is 0 Å². The van der Waals surface area contributed by atoms with Crippen LogP contribution in [-0.2, 0) is 6.54 Å². The molecule has 0 amide bonds. The SMILES string of the molecule is O=c1c(I)cncn1CCNc1ccccc1. The summed E-state index contributed by atoms with van der Waals surface area (Å²) in [4.78, 5) is 15.7. The van der Waals surface area contributed by atoms with E-state index in [9.17, 15) is 4.79 Å². The standard InChI is InChI=1S/C12H12IN3O/c13-11-8-14-9-16(12(11)17)7-6-15-10-4-2-1-3-5-10/h1-5,8-9,15H,6-7H2. The van der Waals surface area contributed by atoms with Gasteiger partial charge in [0.05, 0.1) is 9.90 Å². The summed E-state index contributed by atoms with van der Waals surface area (Å²) in [5.74, 6) is 0. The zero-order valence-corrected chi connectivity index (χ0v) is 11.3. The molecule has 0 aliphatic heterocycles. The minimum atomic E-state index is 0.00969. The van der Waals surface area contributed by atoms with Crippen molar-refractivity contribution in [3.8, 4) is 0 Å². The number of nitrogens with one attached hydrogen (secondary N) is 1. The first-order valence-corrected chi connectivity index (χ1v) is 6.34. The lowest BCUT2D eigenvalue weighted by molar-refractivity contribution is 0.676. The van der Waals surface area contributed by atoms with Gasteiger partial charge < -0.3 is 5.32 Å². The molecule has 0 saturated carbocycles. The molecule has 1 aromatic heterocycles. The average molecular weight is 341 g/mol. The smallest absolute Gasteiger partial charge is 0.266 e. The van der Waals surface area contributed by atoms with Crippen molar-refractivity contribution in [1.82, 2.24) is 9.55 Å². The summed E-state index contributed by atoms with van der Waals surface area (Å²) < 4.78 is 2.25. The molecule has 0 atom stereocenters. The molecule has 0 spiro atoms. The van der Waals surface area contributed by atoms with Crippen LogP contribution in [0.2, 0.25) is 0 Å². The first-order chi connectivity index (χ1) is 8.27. The highest BCUT2D eigenvalue weighted by Crippen LogP contribution is 2.03. The van der Waals surface area contributed by atoms with Crippen molar-refractivity contribution in [3.05, 3.63) is 56.8 Å². The van der Waals surface area contributed by atoms with Gasteiger partial charge >= 0.3 is 0 Å². The van der Waals surface area contributed by atoms with Crippen LogP contribution in [0.4, 0.5) is 5.69 Å². The maximum atomic E-state index is 11.7. The van der Waals surface area contributed by atoms with Crippen molar-refractivity contribution >= 4 is 28.3 Å². The highest BCUT2D eigenvalue weighted by atomic mass is 127. The second kappa shape index (κ2) is 5.81. The summed E-state index contributed by atoms with van der Waals surface area (Å²) in [5, 5.41) is 3.25. The highest BCUT2D eigenvalue weighted by molar-refractivity contribution is 14.1. The molecule has 1 heterocycles. The number of hydrogen-bond acceptors (Lipinski definition) is 3. The van der Waals surface area contributed by atoms with Crippen LogP contribution >= 0.6 is 22.6 Å². The Morgan fingerprint density at radius 1 is 1.29 bits per heavy atom. The van der Waals surface area contributed by atoms with Gasteiger partial charge in [-0.15, -0.1) is 0 Å². The molecule has 1 aromatic carbocycles. The molecule has 0 unspecified atom stereocenters. The fourth-order valence-electron chi connectivity index (χ4n) is 1.46. The van der Waals surface area contributed by atoms with Crippen LogP contribution in [0.5, 0.6) is 0 Å². The molecule has 5 heteroatoms. The van der Waals surface area contributed by atoms with Gasteiger partial charge in [-0.2, -0.15) is 0 Å². The fraction of sp³-hybridized carbons (Fsp3) is 0.167. The second-order valence-electron chi connectivity index (χ2n) is 3.53. The average Bonchev–Trinajstić information content (AvgIpc) is 2.36. The van der Waals surface area contributed by atoms with E-state index in [-0.39, 0.29) is 5.56 Å². The van der Waals surface area contributed by atoms with E-state index in [4.69, 9.17) is 0 Å². The van der Waals surface area contributed by atoms with Crippen LogP contribution in [0.15, 0.2) is 47.7 Å². The summed E-state index contributed by atoms with van der Waals surface area (Å²) >= 11 is 2.00. The van der Waals surface area contributed by atoms with Crippen LogP contribution < -0.4 is 10.9 Å². The lowest BCUT2D eigenvalue weighted by Gasteiger charge is -2.07. The summed E-state index contributed by atoms with van der Waals surface area (Å²) in [6.07, 6.45) is 3.14. The molecule has 0 radical (unpaired) electrons. The van der Waals surface area contributed by atoms with E-state index in [0.29, 0.717) is 16.7 Å². The van der Waals surface area contributed by atoms with E-state index >= 15 is 0 Å². The van der Waals surface area contributed by atoms with Crippen LogP contribution in [0.3, 0.4) is 0 Å². The van der Waals surface area contributed by atoms with Gasteiger partial charge in [0.15, 0.2) is 0 Å². The fourth-order valence-corrected chi connectivity index (χ4v) is 1.93. The van der Waals surface area contributed by atoms with Gasteiger partial charge in [0, 0.05) is 25.0 Å². The zero-order valence-electron chi connectivity index (χ0n) is 9.14. The Bertz CT molecular complexity index is 539. The number of benzene rings is 1. The van der Waals surface area contributed by atoms with Crippen LogP contribution in [0, 0.1) is 3.57 Å². The van der Waals surface area contributed by atoms with E-state index in [1.54, 1.807) is 17.1 Å². The Morgan fingerprint density at radius 3 is 2.82 bits per heavy atom. The molecule has 0 aliphatic carbocycles. The minimum absolute atomic E-state index is 0.00969. The normalized spacial score (nSPS) is 10.2. The highest BCUT2D eigenvalue weighted by Gasteiger charge is 1.99. The van der Waals surface area contributed by atoms with E-state index in [2.05, 4.69) is 10.3 Å². The summed E-state index contributed by atoms with van der Waals surface area (Å²) in [7, 11) is 0. The molecule has 1 N–H and O–H groups in total. The molecule has 4 nitrogen and oxygen atoms in total. The third kappa shape index (κ3) is 3.29. The van der Waals surface area contributed by atoms with Crippen molar-refractivity contribution in [2.75, 3.05) is 11.9 Å². The molecule has 2 rings (SSSR count). The van der Waals surface area contributed by atoms with E-state index in [1.165, 1.54) is 0 Å². The Labute approximate surface area is 113 Å². The van der Waals surface area contributed by atoms with Gasteiger partial charge in [-0.3, -0.25) is 9.36 Å². The molecule has 0 saturated heterocycles. The number of rotatable bonds is 4. The number of aromatic nitrogens is 2. The zero-order chi connectivity index (χ0) is 12.1. The summed E-state index contributed by atoms with van der Waals surface area (Å²) in [6.45, 7) is 1.31. The largest absolute Gasteiger partial charge is 0.383 e. The summed E-state index contributed by atoms with van der Waals surface area (Å²) in [5.41, 5.74) is 1.06. The minimum Gasteiger partial charge on any atom is -0.383 e. The van der Waals surface area contributed by atoms with Gasteiger partial charge in [0.25, 0.3) is 5.56 Å². The van der Waals surface area contributed by atoms with Crippen LogP contribution in [0.1, 0.15) is 0 Å². The van der Waals surface area contributed by atoms with E-state index < -0.39 is 0 Å². The number of anilines is 1. The van der Waals surface area contributed by atoms with Gasteiger partial charge in [-0.1, -0.05) is 18.2 Å². The predicted octanol–water partition coefficient (Wildman–Crippen LogP) is 1.96. The molecular formula is C12H12IN3O. The summed E-state index contributed by atoms with van der Waals surface area (Å²) in [6, 6.07) is 9.91. The van der Waals surface area contributed by atoms with Crippen molar-refractivity contribution in [3.63, 3.8) is 0 Å². The number of para-hydroxylation sites is 1. The van der Waals surface area contributed by atoms with Gasteiger partial charge in [-0.05, 0) is 34.7 Å². The first-order valence-electron chi connectivity index (χ1n) is 5.26. The molecular weight excluding hydrogens is 329 g/mol. The Balaban J connectivity index is 1.95. The third-order valence-electron chi connectivity index (χ3n) is 2.31. The van der Waals surface area contributed by atoms with E-state index in [1.807, 2.05) is 52.9 Å². The molecule has 17 heavy (non-hydrogen) atoms. The molecule has 0 fully saturated rings. The van der Waals surface area contributed by atoms with Gasteiger partial charge in [0.1, 0.15) is 0 Å². The topological polar surface area (TPSA) is 46.9 Å². The number of hydrogen-bond donors (Lipinski definition) is 1. The van der Waals surface area contributed by atoms with Crippen molar-refractivity contribution < 1.29 is 0 Å².